The molecule has 2 aromatic carbocycles. The Morgan fingerprint density at radius 1 is 1.03 bits per heavy atom. The molecule has 2 aromatic rings. The van der Waals surface area contributed by atoms with Gasteiger partial charge in [0.15, 0.2) is 15.8 Å². The van der Waals surface area contributed by atoms with Gasteiger partial charge in [0.05, 0.1) is 18.9 Å². The fraction of sp³-hybridized carbons (Fsp3) is 0.409. The van der Waals surface area contributed by atoms with Crippen LogP contribution in [0.25, 0.3) is 0 Å². The number of sulfone groups is 1. The Bertz CT molecular complexity index is 968. The van der Waals surface area contributed by atoms with Crippen LogP contribution in [0.2, 0.25) is 0 Å². The molecule has 9 heteroatoms. The highest BCUT2D eigenvalue weighted by Crippen LogP contribution is 2.16. The highest BCUT2D eigenvalue weighted by atomic mass is 127. The van der Waals surface area contributed by atoms with E-state index in [-0.39, 0.29) is 36.3 Å². The zero-order valence-corrected chi connectivity index (χ0v) is 21.3. The van der Waals surface area contributed by atoms with E-state index >= 15 is 0 Å². The van der Waals surface area contributed by atoms with Gasteiger partial charge in [0, 0.05) is 26.0 Å². The van der Waals surface area contributed by atoms with Crippen LogP contribution >= 0.6 is 24.0 Å². The fourth-order valence-corrected chi connectivity index (χ4v) is 3.78. The summed E-state index contributed by atoms with van der Waals surface area (Å²) in [5, 5.41) is 6.44. The number of rotatable bonds is 10. The molecule has 31 heavy (non-hydrogen) atoms. The second-order valence-electron chi connectivity index (χ2n) is 6.94. The summed E-state index contributed by atoms with van der Waals surface area (Å²) in [4.78, 5) is 4.52. The van der Waals surface area contributed by atoms with E-state index in [1.165, 1.54) is 18.2 Å². The van der Waals surface area contributed by atoms with Crippen molar-refractivity contribution in [1.29, 1.82) is 0 Å². The summed E-state index contributed by atoms with van der Waals surface area (Å²) in [7, 11) is -3.23. The Hall–Kier alpha value is -1.72. The van der Waals surface area contributed by atoms with Gasteiger partial charge < -0.3 is 15.4 Å². The van der Waals surface area contributed by atoms with Gasteiger partial charge >= 0.3 is 0 Å². The summed E-state index contributed by atoms with van der Waals surface area (Å²) >= 11 is 0. The number of hydrogen-bond donors (Lipinski definition) is 2. The van der Waals surface area contributed by atoms with Gasteiger partial charge in [-0.05, 0) is 48.2 Å². The summed E-state index contributed by atoms with van der Waals surface area (Å²) in [6.45, 7) is 6.48. The molecular weight excluding hydrogens is 532 g/mol. The molecule has 0 spiro atoms. The molecule has 0 atom stereocenters. The van der Waals surface area contributed by atoms with E-state index in [1.807, 2.05) is 38.1 Å². The molecular formula is C22H31FIN3O3S. The normalized spacial score (nSPS) is 11.7. The van der Waals surface area contributed by atoms with Gasteiger partial charge in [-0.1, -0.05) is 30.3 Å². The maximum Gasteiger partial charge on any atom is 0.191 e. The summed E-state index contributed by atoms with van der Waals surface area (Å²) in [6.07, 6.45) is 1.16. The van der Waals surface area contributed by atoms with Crippen LogP contribution in [0.5, 0.6) is 0 Å². The second kappa shape index (κ2) is 13.6. The van der Waals surface area contributed by atoms with Gasteiger partial charge in [0.1, 0.15) is 5.82 Å². The van der Waals surface area contributed by atoms with Crippen molar-refractivity contribution in [1.82, 2.24) is 10.6 Å². The van der Waals surface area contributed by atoms with Crippen LogP contribution in [0.15, 0.2) is 47.5 Å². The lowest BCUT2D eigenvalue weighted by Gasteiger charge is -2.14. The highest BCUT2D eigenvalue weighted by Gasteiger charge is 2.11. The molecule has 0 saturated carbocycles. The van der Waals surface area contributed by atoms with E-state index in [4.69, 9.17) is 4.74 Å². The van der Waals surface area contributed by atoms with Crippen LogP contribution < -0.4 is 10.6 Å². The third-order valence-corrected chi connectivity index (χ3v) is 5.20. The molecule has 2 rings (SSSR count). The molecule has 0 amide bonds. The zero-order chi connectivity index (χ0) is 22.0. The predicted molar refractivity (Wildman–Crippen MR) is 134 cm³/mol. The van der Waals surface area contributed by atoms with Crippen molar-refractivity contribution < 1.29 is 17.5 Å². The third kappa shape index (κ3) is 9.96. The first-order chi connectivity index (χ1) is 14.3. The maximum absolute atomic E-state index is 13.7. The Morgan fingerprint density at radius 2 is 1.74 bits per heavy atom. The van der Waals surface area contributed by atoms with E-state index in [0.29, 0.717) is 43.4 Å². The van der Waals surface area contributed by atoms with E-state index in [9.17, 15) is 12.8 Å². The number of benzene rings is 2. The number of guanidine groups is 1. The first kappa shape index (κ1) is 27.3. The van der Waals surface area contributed by atoms with Crippen LogP contribution in [0, 0.1) is 5.82 Å². The minimum absolute atomic E-state index is 0. The van der Waals surface area contributed by atoms with Crippen molar-refractivity contribution in [3.05, 3.63) is 70.5 Å². The SMILES string of the molecule is CCNC(=NCc1cc(F)ccc1CS(C)(=O)=O)NCc1ccccc1COCC.I. The summed E-state index contributed by atoms with van der Waals surface area (Å²) in [5.41, 5.74) is 3.30. The van der Waals surface area contributed by atoms with Crippen molar-refractivity contribution in [2.45, 2.75) is 39.3 Å². The van der Waals surface area contributed by atoms with Crippen molar-refractivity contribution >= 4 is 39.8 Å². The Labute approximate surface area is 201 Å². The van der Waals surface area contributed by atoms with Crippen LogP contribution in [0.4, 0.5) is 4.39 Å². The van der Waals surface area contributed by atoms with E-state index in [1.54, 1.807) is 0 Å². The van der Waals surface area contributed by atoms with Gasteiger partial charge in [-0.25, -0.2) is 17.8 Å². The summed E-state index contributed by atoms with van der Waals surface area (Å²) in [6, 6.07) is 12.1. The molecule has 0 aromatic heterocycles. The maximum atomic E-state index is 13.7. The summed E-state index contributed by atoms with van der Waals surface area (Å²) in [5.74, 6) is 0.00550. The molecule has 0 heterocycles. The van der Waals surface area contributed by atoms with Crippen LogP contribution in [-0.4, -0.2) is 33.8 Å². The Balaban J connectivity index is 0.00000480. The van der Waals surface area contributed by atoms with Gasteiger partial charge in [0.25, 0.3) is 0 Å². The average Bonchev–Trinajstić information content (AvgIpc) is 2.70. The standard InChI is InChI=1S/C22H30FN3O3S.HI/c1-4-24-22(25-13-17-8-6-7-9-18(17)15-29-5-2)26-14-20-12-21(23)11-10-19(20)16-30(3,27)28;/h6-12H,4-5,13-16H2,1-3H3,(H2,24,25,26);1H. The first-order valence-electron chi connectivity index (χ1n) is 9.94. The largest absolute Gasteiger partial charge is 0.377 e. The first-order valence-corrected chi connectivity index (χ1v) is 12.0. The molecule has 0 saturated heterocycles. The Kier molecular flexibility index (Phi) is 12.0. The summed E-state index contributed by atoms with van der Waals surface area (Å²) < 4.78 is 42.6. The third-order valence-electron chi connectivity index (χ3n) is 4.36. The smallest absolute Gasteiger partial charge is 0.191 e. The number of hydrogen-bond acceptors (Lipinski definition) is 4. The van der Waals surface area contributed by atoms with Gasteiger partial charge in [-0.3, -0.25) is 0 Å². The minimum atomic E-state index is -3.23. The molecule has 0 radical (unpaired) electrons. The predicted octanol–water partition coefficient (Wildman–Crippen LogP) is 3.78. The number of halogens is 2. The van der Waals surface area contributed by atoms with Crippen molar-refractivity contribution in [3.8, 4) is 0 Å². The zero-order valence-electron chi connectivity index (χ0n) is 18.2. The molecule has 0 aliphatic heterocycles. The molecule has 0 bridgehead atoms. The average molecular weight is 563 g/mol. The molecule has 0 unspecified atom stereocenters. The highest BCUT2D eigenvalue weighted by molar-refractivity contribution is 14.0. The van der Waals surface area contributed by atoms with E-state index in [2.05, 4.69) is 15.6 Å². The van der Waals surface area contributed by atoms with E-state index in [0.717, 1.165) is 17.4 Å². The second-order valence-corrected chi connectivity index (χ2v) is 9.08. The molecule has 6 nitrogen and oxygen atoms in total. The van der Waals surface area contributed by atoms with Crippen molar-refractivity contribution in [2.75, 3.05) is 19.4 Å². The van der Waals surface area contributed by atoms with Gasteiger partial charge in [0.2, 0.25) is 0 Å². The van der Waals surface area contributed by atoms with Crippen LogP contribution in [0.3, 0.4) is 0 Å². The molecule has 0 fully saturated rings. The number of nitrogens with zero attached hydrogens (tertiary/aromatic N) is 1. The molecule has 0 aliphatic rings. The quantitative estimate of drug-likeness (QED) is 0.262. The van der Waals surface area contributed by atoms with E-state index < -0.39 is 15.7 Å². The monoisotopic (exact) mass is 563 g/mol. The minimum Gasteiger partial charge on any atom is -0.377 e. The van der Waals surface area contributed by atoms with Crippen LogP contribution in [-0.2, 0) is 40.0 Å². The van der Waals surface area contributed by atoms with Crippen LogP contribution in [0.1, 0.15) is 36.1 Å². The topological polar surface area (TPSA) is 79.8 Å². The van der Waals surface area contributed by atoms with Gasteiger partial charge in [-0.2, -0.15) is 0 Å². The number of aliphatic imine (C=N–C) groups is 1. The fourth-order valence-electron chi connectivity index (χ4n) is 2.93. The lowest BCUT2D eigenvalue weighted by atomic mass is 10.1. The lowest BCUT2D eigenvalue weighted by Crippen LogP contribution is -2.37. The molecule has 0 aliphatic carbocycles. The van der Waals surface area contributed by atoms with Crippen molar-refractivity contribution in [3.63, 3.8) is 0 Å². The van der Waals surface area contributed by atoms with Gasteiger partial charge in [-0.15, -0.1) is 24.0 Å². The van der Waals surface area contributed by atoms with Crippen molar-refractivity contribution in [2.24, 2.45) is 4.99 Å². The lowest BCUT2D eigenvalue weighted by molar-refractivity contribution is 0.133. The Morgan fingerprint density at radius 3 is 2.39 bits per heavy atom. The number of ether oxygens (including phenoxy) is 1. The molecule has 172 valence electrons. The number of nitrogens with one attached hydrogen (secondary N) is 2. The molecule has 2 N–H and O–H groups in total.